The van der Waals surface area contributed by atoms with Crippen LogP contribution in [0.3, 0.4) is 0 Å². The molecule has 0 bridgehead atoms. The summed E-state index contributed by atoms with van der Waals surface area (Å²) in [5.74, 6) is -0.955. The standard InChI is InChI=1S/C4H5N5O3/c1-12-4(10)2(7-11)3-5-8-9-6-3/h11H,1H3,(H,5,6,8,9)/b7-2+. The Balaban J connectivity index is 2.93. The highest BCUT2D eigenvalue weighted by Gasteiger charge is 2.19. The SMILES string of the molecule is COC(=O)/C(=N/O)c1nn[nH]n1. The first-order chi connectivity index (χ1) is 5.79. The lowest BCUT2D eigenvalue weighted by atomic mass is 10.4. The smallest absolute Gasteiger partial charge is 0.364 e. The second kappa shape index (κ2) is 3.42. The van der Waals surface area contributed by atoms with E-state index < -0.39 is 11.7 Å². The van der Waals surface area contributed by atoms with Crippen LogP contribution in [0.2, 0.25) is 0 Å². The lowest BCUT2D eigenvalue weighted by molar-refractivity contribution is -0.132. The second-order valence-electron chi connectivity index (χ2n) is 1.68. The van der Waals surface area contributed by atoms with Gasteiger partial charge in [-0.3, -0.25) is 0 Å². The van der Waals surface area contributed by atoms with Crippen LogP contribution in [-0.4, -0.2) is 44.6 Å². The summed E-state index contributed by atoms with van der Waals surface area (Å²) in [4.78, 5) is 10.8. The highest BCUT2D eigenvalue weighted by atomic mass is 16.5. The van der Waals surface area contributed by atoms with E-state index >= 15 is 0 Å². The summed E-state index contributed by atoms with van der Waals surface area (Å²) in [7, 11) is 1.15. The number of nitrogens with zero attached hydrogens (tertiary/aromatic N) is 4. The first kappa shape index (κ1) is 8.11. The van der Waals surface area contributed by atoms with Crippen molar-refractivity contribution in [3.05, 3.63) is 5.82 Å². The average Bonchev–Trinajstić information content (AvgIpc) is 2.58. The molecule has 0 fully saturated rings. The van der Waals surface area contributed by atoms with E-state index in [9.17, 15) is 4.79 Å². The van der Waals surface area contributed by atoms with Gasteiger partial charge in [-0.2, -0.15) is 5.21 Å². The third kappa shape index (κ3) is 1.36. The van der Waals surface area contributed by atoms with Crippen molar-refractivity contribution in [2.75, 3.05) is 7.11 Å². The number of tetrazole rings is 1. The zero-order chi connectivity index (χ0) is 8.97. The number of aromatic nitrogens is 4. The molecule has 12 heavy (non-hydrogen) atoms. The van der Waals surface area contributed by atoms with Crippen molar-refractivity contribution >= 4 is 11.7 Å². The molecule has 8 nitrogen and oxygen atoms in total. The van der Waals surface area contributed by atoms with E-state index in [2.05, 4.69) is 30.5 Å². The molecule has 8 heteroatoms. The first-order valence-electron chi connectivity index (χ1n) is 2.83. The van der Waals surface area contributed by atoms with E-state index in [1.807, 2.05) is 0 Å². The van der Waals surface area contributed by atoms with Crippen molar-refractivity contribution in [2.45, 2.75) is 0 Å². The Bertz CT molecular complexity index is 292. The Morgan fingerprint density at radius 1 is 1.75 bits per heavy atom. The molecule has 0 saturated carbocycles. The number of aromatic amines is 1. The van der Waals surface area contributed by atoms with Crippen molar-refractivity contribution in [1.82, 2.24) is 20.6 Å². The van der Waals surface area contributed by atoms with Gasteiger partial charge in [-0.1, -0.05) is 5.16 Å². The summed E-state index contributed by atoms with van der Waals surface area (Å²) in [6, 6.07) is 0. The monoisotopic (exact) mass is 171 g/mol. The highest BCUT2D eigenvalue weighted by molar-refractivity contribution is 6.41. The Morgan fingerprint density at radius 2 is 2.50 bits per heavy atom. The van der Waals surface area contributed by atoms with Crippen molar-refractivity contribution in [1.29, 1.82) is 0 Å². The van der Waals surface area contributed by atoms with Crippen LogP contribution in [0.1, 0.15) is 5.82 Å². The van der Waals surface area contributed by atoms with E-state index in [4.69, 9.17) is 5.21 Å². The van der Waals surface area contributed by atoms with Crippen molar-refractivity contribution in [3.63, 3.8) is 0 Å². The molecule has 1 aromatic rings. The molecule has 1 aromatic heterocycles. The number of oxime groups is 1. The largest absolute Gasteiger partial charge is 0.464 e. The molecule has 1 heterocycles. The van der Waals surface area contributed by atoms with Gasteiger partial charge in [-0.25, -0.2) is 4.79 Å². The average molecular weight is 171 g/mol. The zero-order valence-electron chi connectivity index (χ0n) is 6.05. The zero-order valence-corrected chi connectivity index (χ0v) is 6.05. The fraction of sp³-hybridized carbons (Fsp3) is 0.250. The molecular formula is C4H5N5O3. The van der Waals surface area contributed by atoms with E-state index in [0.717, 1.165) is 7.11 Å². The van der Waals surface area contributed by atoms with Crippen LogP contribution in [0, 0.1) is 0 Å². The molecule has 0 atom stereocenters. The van der Waals surface area contributed by atoms with Gasteiger partial charge in [0.2, 0.25) is 11.5 Å². The van der Waals surface area contributed by atoms with Crippen LogP contribution < -0.4 is 0 Å². The van der Waals surface area contributed by atoms with Gasteiger partial charge in [0.05, 0.1) is 7.11 Å². The normalized spacial score (nSPS) is 11.2. The number of ether oxygens (including phenoxy) is 1. The van der Waals surface area contributed by atoms with Crippen LogP contribution in [0.4, 0.5) is 0 Å². The third-order valence-corrected chi connectivity index (χ3v) is 1.04. The molecule has 0 amide bonds. The minimum absolute atomic E-state index is 0.121. The number of hydrogen-bond donors (Lipinski definition) is 2. The maximum atomic E-state index is 10.8. The molecule has 0 aliphatic rings. The Morgan fingerprint density at radius 3 is 2.92 bits per heavy atom. The Labute approximate surface area is 66.2 Å². The molecule has 0 aliphatic carbocycles. The molecule has 0 aliphatic heterocycles. The molecule has 1 rings (SSSR count). The van der Waals surface area contributed by atoms with Gasteiger partial charge in [0.25, 0.3) is 0 Å². The predicted octanol–water partition coefficient (Wildman–Crippen LogP) is -1.45. The number of esters is 1. The third-order valence-electron chi connectivity index (χ3n) is 1.04. The number of H-pyrrole nitrogens is 1. The lowest BCUT2D eigenvalue weighted by Gasteiger charge is -1.94. The van der Waals surface area contributed by atoms with Crippen molar-refractivity contribution < 1.29 is 14.7 Å². The molecule has 0 aromatic carbocycles. The van der Waals surface area contributed by atoms with Gasteiger partial charge in [0.15, 0.2) is 0 Å². The van der Waals surface area contributed by atoms with E-state index in [0.29, 0.717) is 0 Å². The highest BCUT2D eigenvalue weighted by Crippen LogP contribution is 1.91. The van der Waals surface area contributed by atoms with Gasteiger partial charge in [0, 0.05) is 0 Å². The minimum Gasteiger partial charge on any atom is -0.464 e. The number of hydrogen-bond acceptors (Lipinski definition) is 7. The maximum absolute atomic E-state index is 10.8. The first-order valence-corrected chi connectivity index (χ1v) is 2.83. The second-order valence-corrected chi connectivity index (χ2v) is 1.68. The van der Waals surface area contributed by atoms with Gasteiger partial charge in [-0.05, 0) is 5.21 Å². The van der Waals surface area contributed by atoms with Crippen LogP contribution in [0.5, 0.6) is 0 Å². The fourth-order valence-corrected chi connectivity index (χ4v) is 0.536. The van der Waals surface area contributed by atoms with Crippen molar-refractivity contribution in [3.8, 4) is 0 Å². The number of carbonyl (C=O) groups excluding carboxylic acids is 1. The van der Waals surface area contributed by atoms with Crippen LogP contribution in [0.25, 0.3) is 0 Å². The van der Waals surface area contributed by atoms with Crippen molar-refractivity contribution in [2.24, 2.45) is 5.16 Å². The fourth-order valence-electron chi connectivity index (χ4n) is 0.536. The Kier molecular flexibility index (Phi) is 2.31. The Hall–Kier alpha value is -1.99. The lowest BCUT2D eigenvalue weighted by Crippen LogP contribution is -2.18. The number of rotatable bonds is 2. The summed E-state index contributed by atoms with van der Waals surface area (Å²) in [5.41, 5.74) is -0.397. The molecule has 64 valence electrons. The van der Waals surface area contributed by atoms with E-state index in [1.165, 1.54) is 0 Å². The van der Waals surface area contributed by atoms with E-state index in [-0.39, 0.29) is 5.82 Å². The summed E-state index contributed by atoms with van der Waals surface area (Å²) < 4.78 is 4.28. The number of nitrogens with one attached hydrogen (secondary N) is 1. The summed E-state index contributed by atoms with van der Waals surface area (Å²) in [6.45, 7) is 0. The predicted molar refractivity (Wildman–Crippen MR) is 34.5 cm³/mol. The maximum Gasteiger partial charge on any atom is 0.364 e. The number of methoxy groups -OCH3 is 1. The molecular weight excluding hydrogens is 166 g/mol. The molecule has 2 N–H and O–H groups in total. The van der Waals surface area contributed by atoms with Gasteiger partial charge in [0.1, 0.15) is 0 Å². The topological polar surface area (TPSA) is 113 Å². The van der Waals surface area contributed by atoms with Gasteiger partial charge < -0.3 is 9.94 Å². The van der Waals surface area contributed by atoms with Crippen LogP contribution >= 0.6 is 0 Å². The van der Waals surface area contributed by atoms with Crippen LogP contribution in [-0.2, 0) is 9.53 Å². The molecule has 0 radical (unpaired) electrons. The summed E-state index contributed by atoms with van der Waals surface area (Å²) >= 11 is 0. The molecule has 0 unspecified atom stereocenters. The summed E-state index contributed by atoms with van der Waals surface area (Å²) in [5, 5.41) is 23.1. The minimum atomic E-state index is -0.834. The van der Waals surface area contributed by atoms with Gasteiger partial charge in [-0.15, -0.1) is 10.2 Å². The summed E-state index contributed by atoms with van der Waals surface area (Å²) in [6.07, 6.45) is 0. The molecule has 0 spiro atoms. The van der Waals surface area contributed by atoms with Crippen LogP contribution in [0.15, 0.2) is 5.16 Å². The van der Waals surface area contributed by atoms with E-state index in [1.54, 1.807) is 0 Å². The van der Waals surface area contributed by atoms with Gasteiger partial charge >= 0.3 is 5.97 Å². The number of carbonyl (C=O) groups is 1. The quantitative estimate of drug-likeness (QED) is 0.243. The molecule has 0 saturated heterocycles.